The van der Waals surface area contributed by atoms with Gasteiger partial charge in [-0.05, 0) is 49.2 Å². The minimum atomic E-state index is -1.01. The van der Waals surface area contributed by atoms with Crippen molar-refractivity contribution in [2.75, 3.05) is 19.3 Å². The maximum Gasteiger partial charge on any atom is 0.243 e. The Hall–Kier alpha value is -3.07. The molecule has 4 N–H and O–H groups in total. The molecule has 1 aromatic heterocycles. The Morgan fingerprint density at radius 2 is 1.75 bits per heavy atom. The Labute approximate surface area is 187 Å². The summed E-state index contributed by atoms with van der Waals surface area (Å²) in [7, 11) is 1.84. The highest BCUT2D eigenvalue weighted by molar-refractivity contribution is 5.89. The molecule has 1 heterocycles. The molecule has 0 aliphatic heterocycles. The van der Waals surface area contributed by atoms with Crippen molar-refractivity contribution in [3.05, 3.63) is 59.3 Å². The number of nitrogen functional groups attached to an aromatic ring is 1. The second kappa shape index (κ2) is 11.5. The van der Waals surface area contributed by atoms with Crippen LogP contribution in [0.4, 0.5) is 14.6 Å². The van der Waals surface area contributed by atoms with E-state index in [2.05, 4.69) is 15.6 Å². The van der Waals surface area contributed by atoms with Gasteiger partial charge in [-0.2, -0.15) is 0 Å². The SMILES string of the molecule is CC(C)CN(C)[C@@H](C)C(=O)N[C@@H](Cc1ccc(F)c(F)c1)C(=O)NCc1ccc(N)nc1. The topological polar surface area (TPSA) is 100 Å². The molecule has 0 bridgehead atoms. The van der Waals surface area contributed by atoms with Crippen LogP contribution in [-0.2, 0) is 22.6 Å². The molecule has 0 radical (unpaired) electrons. The average molecular weight is 448 g/mol. The van der Waals surface area contributed by atoms with Crippen LogP contribution in [0.2, 0.25) is 0 Å². The van der Waals surface area contributed by atoms with Gasteiger partial charge in [0.15, 0.2) is 11.6 Å². The van der Waals surface area contributed by atoms with Crippen LogP contribution < -0.4 is 16.4 Å². The fourth-order valence-corrected chi connectivity index (χ4v) is 3.19. The third kappa shape index (κ3) is 7.56. The van der Waals surface area contributed by atoms with Gasteiger partial charge in [0.1, 0.15) is 11.9 Å². The van der Waals surface area contributed by atoms with Gasteiger partial charge in [-0.25, -0.2) is 13.8 Å². The van der Waals surface area contributed by atoms with Crippen LogP contribution >= 0.6 is 0 Å². The largest absolute Gasteiger partial charge is 0.384 e. The summed E-state index contributed by atoms with van der Waals surface area (Å²) in [6.07, 6.45) is 1.55. The zero-order chi connectivity index (χ0) is 23.8. The van der Waals surface area contributed by atoms with Gasteiger partial charge in [0.2, 0.25) is 11.8 Å². The Bertz CT molecular complexity index is 921. The van der Waals surface area contributed by atoms with Crippen LogP contribution in [0, 0.1) is 17.6 Å². The van der Waals surface area contributed by atoms with E-state index >= 15 is 0 Å². The lowest BCUT2D eigenvalue weighted by atomic mass is 10.0. The predicted molar refractivity (Wildman–Crippen MR) is 119 cm³/mol. The molecule has 7 nitrogen and oxygen atoms in total. The zero-order valence-corrected chi connectivity index (χ0v) is 18.9. The summed E-state index contributed by atoms with van der Waals surface area (Å²) < 4.78 is 27.0. The molecule has 32 heavy (non-hydrogen) atoms. The fourth-order valence-electron chi connectivity index (χ4n) is 3.19. The number of carbonyl (C=O) groups excluding carboxylic acids is 2. The van der Waals surface area contributed by atoms with Gasteiger partial charge in [-0.15, -0.1) is 0 Å². The quantitative estimate of drug-likeness (QED) is 0.519. The number of amides is 2. The van der Waals surface area contributed by atoms with Crippen molar-refractivity contribution in [3.63, 3.8) is 0 Å². The molecular weight excluding hydrogens is 416 g/mol. The predicted octanol–water partition coefficient (Wildman–Crippen LogP) is 2.26. The lowest BCUT2D eigenvalue weighted by molar-refractivity contribution is -0.131. The second-order valence-electron chi connectivity index (χ2n) is 8.33. The van der Waals surface area contributed by atoms with Crippen molar-refractivity contribution in [2.45, 2.75) is 45.8 Å². The summed E-state index contributed by atoms with van der Waals surface area (Å²) in [6, 6.07) is 5.33. The number of halogens is 2. The number of carbonyl (C=O) groups is 2. The van der Waals surface area contributed by atoms with Gasteiger partial charge >= 0.3 is 0 Å². The van der Waals surface area contributed by atoms with E-state index in [0.717, 1.165) is 17.7 Å². The first-order valence-corrected chi connectivity index (χ1v) is 10.5. The molecular formula is C23H31F2N5O2. The molecule has 2 aromatic rings. The lowest BCUT2D eigenvalue weighted by Gasteiger charge is -2.27. The Morgan fingerprint density at radius 1 is 1.06 bits per heavy atom. The number of nitrogens with one attached hydrogen (secondary N) is 2. The van der Waals surface area contributed by atoms with Crippen molar-refractivity contribution in [2.24, 2.45) is 5.92 Å². The number of benzene rings is 1. The summed E-state index contributed by atoms with van der Waals surface area (Å²) in [5, 5.41) is 5.51. The van der Waals surface area contributed by atoms with E-state index in [1.54, 1.807) is 25.3 Å². The van der Waals surface area contributed by atoms with Crippen molar-refractivity contribution < 1.29 is 18.4 Å². The molecule has 0 spiro atoms. The molecule has 0 aliphatic rings. The highest BCUT2D eigenvalue weighted by Crippen LogP contribution is 2.12. The van der Waals surface area contributed by atoms with Gasteiger partial charge in [-0.3, -0.25) is 14.5 Å². The summed E-state index contributed by atoms with van der Waals surface area (Å²) >= 11 is 0. The minimum absolute atomic E-state index is 0.00930. The van der Waals surface area contributed by atoms with E-state index < -0.39 is 29.6 Å². The standard InChI is InChI=1S/C23H31F2N5O2/c1-14(2)13-30(4)15(3)22(31)29-20(10-16-5-7-18(24)19(25)9-16)23(32)28-12-17-6-8-21(26)27-11-17/h5-9,11,14-15,20H,10,12-13H2,1-4H3,(H2,26,27)(H,28,32)(H,29,31)/t15-,20-/m0/s1. The van der Waals surface area contributed by atoms with E-state index in [4.69, 9.17) is 5.73 Å². The van der Waals surface area contributed by atoms with E-state index in [1.807, 2.05) is 25.8 Å². The van der Waals surface area contributed by atoms with Crippen LogP contribution in [0.5, 0.6) is 0 Å². The smallest absolute Gasteiger partial charge is 0.243 e. The van der Waals surface area contributed by atoms with Crippen LogP contribution in [0.1, 0.15) is 31.9 Å². The molecule has 0 saturated carbocycles. The van der Waals surface area contributed by atoms with Gasteiger partial charge in [0.25, 0.3) is 0 Å². The highest BCUT2D eigenvalue weighted by Gasteiger charge is 2.26. The number of aromatic nitrogens is 1. The van der Waals surface area contributed by atoms with Gasteiger partial charge in [-0.1, -0.05) is 26.0 Å². The number of nitrogens with two attached hydrogens (primary N) is 1. The number of rotatable bonds is 10. The van der Waals surface area contributed by atoms with Crippen molar-refractivity contribution in [1.29, 1.82) is 0 Å². The maximum absolute atomic E-state index is 13.7. The molecule has 0 unspecified atom stereocenters. The molecule has 1 aromatic carbocycles. The normalized spacial score (nSPS) is 13.1. The number of nitrogens with zero attached hydrogens (tertiary/aromatic N) is 2. The van der Waals surface area contributed by atoms with Crippen molar-refractivity contribution in [3.8, 4) is 0 Å². The molecule has 2 atom stereocenters. The van der Waals surface area contributed by atoms with Crippen LogP contribution in [0.25, 0.3) is 0 Å². The average Bonchev–Trinajstić information content (AvgIpc) is 2.74. The molecule has 0 fully saturated rings. The zero-order valence-electron chi connectivity index (χ0n) is 18.9. The first-order valence-electron chi connectivity index (χ1n) is 10.5. The number of anilines is 1. The summed E-state index contributed by atoms with van der Waals surface area (Å²) in [5.41, 5.74) is 6.69. The molecule has 9 heteroatoms. The van der Waals surface area contributed by atoms with Crippen LogP contribution in [-0.4, -0.2) is 47.4 Å². The molecule has 0 aliphatic carbocycles. The van der Waals surface area contributed by atoms with Gasteiger partial charge in [0.05, 0.1) is 6.04 Å². The molecule has 2 rings (SSSR count). The van der Waals surface area contributed by atoms with Crippen LogP contribution in [0.15, 0.2) is 36.5 Å². The summed E-state index contributed by atoms with van der Waals surface area (Å²) in [4.78, 5) is 31.6. The number of likely N-dealkylation sites (N-methyl/N-ethyl adjacent to an activating group) is 1. The Kier molecular flexibility index (Phi) is 9.07. The second-order valence-corrected chi connectivity index (χ2v) is 8.33. The lowest BCUT2D eigenvalue weighted by Crippen LogP contribution is -2.53. The van der Waals surface area contributed by atoms with Crippen molar-refractivity contribution >= 4 is 17.6 Å². The van der Waals surface area contributed by atoms with Gasteiger partial charge < -0.3 is 16.4 Å². The first-order chi connectivity index (χ1) is 15.1. The van der Waals surface area contributed by atoms with E-state index in [9.17, 15) is 18.4 Å². The fraction of sp³-hybridized carbons (Fsp3) is 0.435. The number of hydrogen-bond donors (Lipinski definition) is 3. The molecule has 2 amide bonds. The monoisotopic (exact) mass is 447 g/mol. The number of pyridine rings is 1. The third-order valence-corrected chi connectivity index (χ3v) is 5.06. The third-order valence-electron chi connectivity index (χ3n) is 5.06. The Balaban J connectivity index is 2.13. The van der Waals surface area contributed by atoms with E-state index in [1.165, 1.54) is 6.07 Å². The van der Waals surface area contributed by atoms with E-state index in [-0.39, 0.29) is 18.9 Å². The summed E-state index contributed by atoms with van der Waals surface area (Å²) in [5.74, 6) is -2.03. The maximum atomic E-state index is 13.7. The summed E-state index contributed by atoms with van der Waals surface area (Å²) in [6.45, 7) is 6.74. The van der Waals surface area contributed by atoms with Crippen LogP contribution in [0.3, 0.4) is 0 Å². The molecule has 174 valence electrons. The number of hydrogen-bond acceptors (Lipinski definition) is 5. The Morgan fingerprint density at radius 3 is 2.34 bits per heavy atom. The molecule has 0 saturated heterocycles. The van der Waals surface area contributed by atoms with E-state index in [0.29, 0.717) is 23.8 Å². The van der Waals surface area contributed by atoms with Gasteiger partial charge in [0, 0.05) is 25.7 Å². The minimum Gasteiger partial charge on any atom is -0.384 e. The highest BCUT2D eigenvalue weighted by atomic mass is 19.2. The first kappa shape index (κ1) is 25.2. The van der Waals surface area contributed by atoms with Crippen molar-refractivity contribution in [1.82, 2.24) is 20.5 Å².